The summed E-state index contributed by atoms with van der Waals surface area (Å²) >= 11 is 0. The van der Waals surface area contributed by atoms with Gasteiger partial charge in [0.05, 0.1) is 6.54 Å². The van der Waals surface area contributed by atoms with E-state index in [9.17, 15) is 8.78 Å². The lowest BCUT2D eigenvalue weighted by molar-refractivity contribution is -0.174. The van der Waals surface area contributed by atoms with Crippen LogP contribution < -0.4 is 0 Å². The second kappa shape index (κ2) is 4.53. The van der Waals surface area contributed by atoms with E-state index in [1.54, 1.807) is 11.8 Å². The van der Waals surface area contributed by atoms with Crippen LogP contribution in [0.2, 0.25) is 0 Å². The molecule has 1 fully saturated rings. The molecule has 0 aromatic carbocycles. The number of ether oxygens (including phenoxy) is 1. The zero-order valence-corrected chi connectivity index (χ0v) is 9.09. The zero-order chi connectivity index (χ0) is 10.8. The summed E-state index contributed by atoms with van der Waals surface area (Å²) in [5.41, 5.74) is 0. The van der Waals surface area contributed by atoms with Crippen molar-refractivity contribution in [3.63, 3.8) is 0 Å². The summed E-state index contributed by atoms with van der Waals surface area (Å²) in [6.07, 6.45) is -0.457. The van der Waals surface area contributed by atoms with Crippen LogP contribution >= 0.6 is 0 Å². The molecule has 1 rings (SSSR count). The predicted octanol–water partition coefficient (Wildman–Crippen LogP) is 2.14. The molecule has 2 nitrogen and oxygen atoms in total. The fourth-order valence-electron chi connectivity index (χ4n) is 1.79. The van der Waals surface area contributed by atoms with E-state index >= 15 is 0 Å². The van der Waals surface area contributed by atoms with Gasteiger partial charge >= 0.3 is 0 Å². The summed E-state index contributed by atoms with van der Waals surface area (Å²) in [7, 11) is 0. The molecule has 0 aromatic heterocycles. The highest BCUT2D eigenvalue weighted by atomic mass is 19.3. The Morgan fingerprint density at radius 1 is 1.50 bits per heavy atom. The van der Waals surface area contributed by atoms with Crippen LogP contribution in [0, 0.1) is 0 Å². The smallest absolute Gasteiger partial charge is 0.286 e. The minimum atomic E-state index is -2.70. The SMILES string of the molecule is CCOC1CCN(C(C)C)CC1(F)F. The average Bonchev–Trinajstić information content (AvgIpc) is 2.08. The second-order valence-corrected chi connectivity index (χ2v) is 4.06. The molecule has 1 aliphatic rings. The van der Waals surface area contributed by atoms with E-state index in [0.29, 0.717) is 19.6 Å². The summed E-state index contributed by atoms with van der Waals surface area (Å²) in [6.45, 7) is 6.54. The fraction of sp³-hybridized carbons (Fsp3) is 1.00. The standard InChI is InChI=1S/C10H19F2NO/c1-4-14-9-5-6-13(8(2)3)7-10(9,11)12/h8-9H,4-7H2,1-3H3. The largest absolute Gasteiger partial charge is 0.372 e. The van der Waals surface area contributed by atoms with E-state index in [-0.39, 0.29) is 12.6 Å². The van der Waals surface area contributed by atoms with Gasteiger partial charge in [-0.15, -0.1) is 0 Å². The maximum Gasteiger partial charge on any atom is 0.286 e. The molecule has 1 unspecified atom stereocenters. The molecule has 0 saturated carbocycles. The van der Waals surface area contributed by atoms with Crippen LogP contribution in [0.1, 0.15) is 27.2 Å². The van der Waals surface area contributed by atoms with E-state index in [1.807, 2.05) is 13.8 Å². The molecule has 0 N–H and O–H groups in total. The van der Waals surface area contributed by atoms with Gasteiger partial charge in [0.1, 0.15) is 6.10 Å². The molecule has 0 radical (unpaired) electrons. The third-order valence-corrected chi connectivity index (χ3v) is 2.66. The molecule has 0 aliphatic carbocycles. The monoisotopic (exact) mass is 207 g/mol. The van der Waals surface area contributed by atoms with Gasteiger partial charge in [-0.3, -0.25) is 4.90 Å². The predicted molar refractivity (Wildman–Crippen MR) is 51.7 cm³/mol. The number of hydrogen-bond acceptors (Lipinski definition) is 2. The van der Waals surface area contributed by atoms with Crippen molar-refractivity contribution in [2.75, 3.05) is 19.7 Å². The van der Waals surface area contributed by atoms with Gasteiger partial charge in [-0.2, -0.15) is 0 Å². The lowest BCUT2D eigenvalue weighted by Crippen LogP contribution is -2.54. The topological polar surface area (TPSA) is 12.5 Å². The van der Waals surface area contributed by atoms with E-state index in [0.717, 1.165) is 0 Å². The van der Waals surface area contributed by atoms with Gasteiger partial charge < -0.3 is 4.74 Å². The third-order valence-electron chi connectivity index (χ3n) is 2.66. The molecule has 4 heteroatoms. The van der Waals surface area contributed by atoms with Crippen LogP contribution in [0.25, 0.3) is 0 Å². The van der Waals surface area contributed by atoms with Crippen molar-refractivity contribution >= 4 is 0 Å². The maximum atomic E-state index is 13.5. The Bertz CT molecular complexity index is 185. The number of alkyl halides is 2. The molecular formula is C10H19F2NO. The minimum Gasteiger partial charge on any atom is -0.372 e. The Labute approximate surface area is 84.2 Å². The van der Waals surface area contributed by atoms with Gasteiger partial charge in [0.2, 0.25) is 0 Å². The normalized spacial score (nSPS) is 28.3. The van der Waals surface area contributed by atoms with Gasteiger partial charge in [-0.1, -0.05) is 0 Å². The fourth-order valence-corrected chi connectivity index (χ4v) is 1.79. The summed E-state index contributed by atoms with van der Waals surface area (Å²) in [5.74, 6) is -2.70. The molecule has 14 heavy (non-hydrogen) atoms. The van der Waals surface area contributed by atoms with Crippen LogP contribution in [-0.4, -0.2) is 42.7 Å². The quantitative estimate of drug-likeness (QED) is 0.703. The highest BCUT2D eigenvalue weighted by Crippen LogP contribution is 2.30. The maximum absolute atomic E-state index is 13.5. The third kappa shape index (κ3) is 2.64. The number of nitrogens with zero attached hydrogens (tertiary/aromatic N) is 1. The average molecular weight is 207 g/mol. The minimum absolute atomic E-state index is 0.171. The molecule has 1 aliphatic heterocycles. The van der Waals surface area contributed by atoms with Crippen LogP contribution in [0.5, 0.6) is 0 Å². The lowest BCUT2D eigenvalue weighted by Gasteiger charge is -2.39. The van der Waals surface area contributed by atoms with Gasteiger partial charge in [-0.25, -0.2) is 8.78 Å². The Morgan fingerprint density at radius 3 is 2.57 bits per heavy atom. The van der Waals surface area contributed by atoms with E-state index in [1.165, 1.54) is 0 Å². The summed E-state index contributed by atoms with van der Waals surface area (Å²) in [5, 5.41) is 0. The molecule has 84 valence electrons. The van der Waals surface area contributed by atoms with Crippen LogP contribution in [0.15, 0.2) is 0 Å². The van der Waals surface area contributed by atoms with Crippen LogP contribution in [-0.2, 0) is 4.74 Å². The summed E-state index contributed by atoms with van der Waals surface area (Å²) < 4.78 is 32.0. The number of rotatable bonds is 3. The van der Waals surface area contributed by atoms with E-state index in [2.05, 4.69) is 0 Å². The van der Waals surface area contributed by atoms with Crippen molar-refractivity contribution in [2.45, 2.75) is 45.3 Å². The highest BCUT2D eigenvalue weighted by molar-refractivity contribution is 4.88. The Kier molecular flexibility index (Phi) is 3.84. The molecule has 0 amide bonds. The van der Waals surface area contributed by atoms with E-state index < -0.39 is 12.0 Å². The van der Waals surface area contributed by atoms with Crippen molar-refractivity contribution in [1.82, 2.24) is 4.90 Å². The number of likely N-dealkylation sites (tertiary alicyclic amines) is 1. The first kappa shape index (κ1) is 11.9. The first-order chi connectivity index (χ1) is 6.47. The van der Waals surface area contributed by atoms with Gasteiger partial charge in [0.25, 0.3) is 5.92 Å². The zero-order valence-electron chi connectivity index (χ0n) is 9.09. The number of halogens is 2. The van der Waals surface area contributed by atoms with Gasteiger partial charge in [0, 0.05) is 19.2 Å². The summed E-state index contributed by atoms with van der Waals surface area (Å²) in [4.78, 5) is 1.80. The molecule has 1 saturated heterocycles. The van der Waals surface area contributed by atoms with Crippen LogP contribution in [0.3, 0.4) is 0 Å². The molecule has 1 atom stereocenters. The van der Waals surface area contributed by atoms with Crippen molar-refractivity contribution in [3.8, 4) is 0 Å². The Morgan fingerprint density at radius 2 is 2.14 bits per heavy atom. The Balaban J connectivity index is 2.56. The van der Waals surface area contributed by atoms with Gasteiger partial charge in [-0.05, 0) is 27.2 Å². The summed E-state index contributed by atoms with van der Waals surface area (Å²) in [6, 6.07) is 0.184. The second-order valence-electron chi connectivity index (χ2n) is 4.06. The van der Waals surface area contributed by atoms with E-state index in [4.69, 9.17) is 4.74 Å². The van der Waals surface area contributed by atoms with Gasteiger partial charge in [0.15, 0.2) is 0 Å². The van der Waals surface area contributed by atoms with Crippen molar-refractivity contribution in [3.05, 3.63) is 0 Å². The molecule has 0 aromatic rings. The highest BCUT2D eigenvalue weighted by Gasteiger charge is 2.45. The number of hydrogen-bond donors (Lipinski definition) is 0. The first-order valence-corrected chi connectivity index (χ1v) is 5.21. The Hall–Kier alpha value is -0.220. The number of piperidine rings is 1. The van der Waals surface area contributed by atoms with Crippen molar-refractivity contribution in [2.24, 2.45) is 0 Å². The van der Waals surface area contributed by atoms with Crippen LogP contribution in [0.4, 0.5) is 8.78 Å². The molecule has 0 spiro atoms. The first-order valence-electron chi connectivity index (χ1n) is 5.21. The van der Waals surface area contributed by atoms with Crippen molar-refractivity contribution in [1.29, 1.82) is 0 Å². The molecule has 1 heterocycles. The lowest BCUT2D eigenvalue weighted by atomic mass is 10.0. The molecular weight excluding hydrogens is 188 g/mol. The molecule has 0 bridgehead atoms. The van der Waals surface area contributed by atoms with Crippen molar-refractivity contribution < 1.29 is 13.5 Å².